The third kappa shape index (κ3) is 2.58. The van der Waals surface area contributed by atoms with Crippen LogP contribution >= 0.6 is 12.4 Å². The van der Waals surface area contributed by atoms with Crippen molar-refractivity contribution in [3.8, 4) is 11.5 Å². The van der Waals surface area contributed by atoms with E-state index >= 15 is 0 Å². The molecule has 2 heterocycles. The number of rotatable bonds is 1. The predicted octanol–water partition coefficient (Wildman–Crippen LogP) is 2.30. The van der Waals surface area contributed by atoms with Crippen molar-refractivity contribution < 1.29 is 27.8 Å². The first-order valence-electron chi connectivity index (χ1n) is 5.77. The highest BCUT2D eigenvalue weighted by Gasteiger charge is 2.47. The molecule has 0 radical (unpaired) electrons. The summed E-state index contributed by atoms with van der Waals surface area (Å²) in [6.07, 6.45) is -0.856. The molecular weight excluding hydrogens is 296 g/mol. The number of amides is 1. The number of carbonyl (C=O) groups is 1. The van der Waals surface area contributed by atoms with E-state index in [9.17, 15) is 13.6 Å². The molecule has 0 unspecified atom stereocenters. The number of hydrogen-bond acceptors (Lipinski definition) is 4. The number of ether oxygens (including phenoxy) is 3. The van der Waals surface area contributed by atoms with E-state index in [1.165, 1.54) is 12.1 Å². The van der Waals surface area contributed by atoms with Gasteiger partial charge in [0.1, 0.15) is 19.3 Å². The Kier molecular flexibility index (Phi) is 3.89. The van der Waals surface area contributed by atoms with E-state index in [4.69, 9.17) is 9.47 Å². The summed E-state index contributed by atoms with van der Waals surface area (Å²) < 4.78 is 42.4. The molecule has 5 nitrogen and oxygen atoms in total. The Morgan fingerprint density at radius 3 is 2.60 bits per heavy atom. The molecule has 1 atom stereocenters. The minimum Gasteiger partial charge on any atom is -0.486 e. The van der Waals surface area contributed by atoms with E-state index < -0.39 is 24.7 Å². The summed E-state index contributed by atoms with van der Waals surface area (Å²) in [5, 5.41) is 2.12. The van der Waals surface area contributed by atoms with Gasteiger partial charge < -0.3 is 19.5 Å². The zero-order valence-corrected chi connectivity index (χ0v) is 11.0. The molecule has 110 valence electrons. The Morgan fingerprint density at radius 2 is 1.85 bits per heavy atom. The first kappa shape index (κ1) is 14.6. The van der Waals surface area contributed by atoms with Crippen molar-refractivity contribution in [1.29, 1.82) is 0 Å². The second-order valence-electron chi connectivity index (χ2n) is 4.32. The lowest BCUT2D eigenvalue weighted by atomic mass is 9.99. The predicted molar refractivity (Wildman–Crippen MR) is 66.9 cm³/mol. The smallest absolute Gasteiger partial charge is 0.408 e. The van der Waals surface area contributed by atoms with Gasteiger partial charge in [0.25, 0.3) is 0 Å². The van der Waals surface area contributed by atoms with Crippen LogP contribution in [-0.4, -0.2) is 31.8 Å². The summed E-state index contributed by atoms with van der Waals surface area (Å²) in [6.45, 7) is -0.137. The molecule has 0 aromatic heterocycles. The first-order chi connectivity index (χ1) is 9.06. The highest BCUT2D eigenvalue weighted by atomic mass is 35.5. The molecular formula is C12H12ClF2NO4. The fourth-order valence-corrected chi connectivity index (χ4v) is 2.08. The molecule has 1 fully saturated rings. The number of nitrogens with one attached hydrogen (secondary N) is 1. The van der Waals surface area contributed by atoms with Gasteiger partial charge in [0.2, 0.25) is 0 Å². The molecule has 2 aliphatic rings. The summed E-state index contributed by atoms with van der Waals surface area (Å²) in [7, 11) is 0. The summed E-state index contributed by atoms with van der Waals surface area (Å²) in [5.41, 5.74) is 0.255. The summed E-state index contributed by atoms with van der Waals surface area (Å²) in [5.74, 6) is -2.26. The normalized spacial score (nSPS) is 23.1. The van der Waals surface area contributed by atoms with Gasteiger partial charge in [-0.2, -0.15) is 0 Å². The molecule has 0 aliphatic carbocycles. The highest BCUT2D eigenvalue weighted by Crippen LogP contribution is 2.38. The van der Waals surface area contributed by atoms with Crippen LogP contribution in [0.5, 0.6) is 11.5 Å². The molecule has 1 saturated heterocycles. The lowest BCUT2D eigenvalue weighted by Gasteiger charge is -2.32. The van der Waals surface area contributed by atoms with Crippen molar-refractivity contribution in [2.24, 2.45) is 0 Å². The minimum absolute atomic E-state index is 0. The first-order valence-corrected chi connectivity index (χ1v) is 5.77. The van der Waals surface area contributed by atoms with Crippen molar-refractivity contribution in [1.82, 2.24) is 5.32 Å². The van der Waals surface area contributed by atoms with Crippen LogP contribution in [0.2, 0.25) is 0 Å². The van der Waals surface area contributed by atoms with Crippen LogP contribution in [0.3, 0.4) is 0 Å². The molecule has 2 aliphatic heterocycles. The average molecular weight is 308 g/mol. The van der Waals surface area contributed by atoms with Gasteiger partial charge in [-0.1, -0.05) is 6.07 Å². The number of alkyl carbamates (subject to hydrolysis) is 1. The number of halogens is 3. The average Bonchev–Trinajstić information content (AvgIpc) is 2.41. The van der Waals surface area contributed by atoms with Crippen molar-refractivity contribution >= 4 is 18.5 Å². The number of alkyl halides is 2. The highest BCUT2D eigenvalue weighted by molar-refractivity contribution is 5.85. The number of benzene rings is 1. The summed E-state index contributed by atoms with van der Waals surface area (Å²) in [6, 6.07) is 3.07. The molecule has 0 spiro atoms. The molecule has 20 heavy (non-hydrogen) atoms. The van der Waals surface area contributed by atoms with Crippen molar-refractivity contribution in [2.45, 2.75) is 12.0 Å². The SMILES string of the molecule is Cl.O=C1N[C@@H](c2ccc3c(c2)OCCO3)C(F)(F)CO1. The minimum atomic E-state index is -3.17. The van der Waals surface area contributed by atoms with Gasteiger partial charge in [0.05, 0.1) is 0 Å². The van der Waals surface area contributed by atoms with Gasteiger partial charge in [0.15, 0.2) is 18.1 Å². The maximum atomic E-state index is 13.7. The lowest BCUT2D eigenvalue weighted by molar-refractivity contribution is -0.104. The molecule has 1 aromatic carbocycles. The number of hydrogen-bond donors (Lipinski definition) is 1. The van der Waals surface area contributed by atoms with E-state index in [2.05, 4.69) is 10.1 Å². The van der Waals surface area contributed by atoms with Gasteiger partial charge in [-0.15, -0.1) is 12.4 Å². The van der Waals surface area contributed by atoms with Crippen molar-refractivity contribution in [3.05, 3.63) is 23.8 Å². The largest absolute Gasteiger partial charge is 0.486 e. The maximum Gasteiger partial charge on any atom is 0.408 e. The summed E-state index contributed by atoms with van der Waals surface area (Å²) in [4.78, 5) is 11.1. The van der Waals surface area contributed by atoms with E-state index in [-0.39, 0.29) is 18.0 Å². The number of cyclic esters (lactones) is 1. The third-order valence-electron chi connectivity index (χ3n) is 2.98. The number of carbonyl (C=O) groups excluding carboxylic acids is 1. The summed E-state index contributed by atoms with van der Waals surface area (Å²) >= 11 is 0. The van der Waals surface area contributed by atoms with Crippen LogP contribution in [-0.2, 0) is 4.74 Å². The molecule has 3 rings (SSSR count). The van der Waals surface area contributed by atoms with Crippen molar-refractivity contribution in [3.63, 3.8) is 0 Å². The molecule has 0 saturated carbocycles. The quantitative estimate of drug-likeness (QED) is 0.865. The molecule has 1 aromatic rings. The van der Waals surface area contributed by atoms with Crippen LogP contribution in [0.4, 0.5) is 13.6 Å². The second kappa shape index (κ2) is 5.32. The van der Waals surface area contributed by atoms with Gasteiger partial charge in [-0.05, 0) is 17.7 Å². The Morgan fingerprint density at radius 1 is 1.15 bits per heavy atom. The van der Waals surface area contributed by atoms with Crippen LogP contribution in [0.25, 0.3) is 0 Å². The van der Waals surface area contributed by atoms with E-state index in [1.54, 1.807) is 6.07 Å². The van der Waals surface area contributed by atoms with Crippen molar-refractivity contribution in [2.75, 3.05) is 19.8 Å². The molecule has 1 amide bonds. The lowest BCUT2D eigenvalue weighted by Crippen LogP contribution is -2.49. The van der Waals surface area contributed by atoms with Gasteiger partial charge in [0, 0.05) is 0 Å². The zero-order chi connectivity index (χ0) is 13.5. The standard InChI is InChI=1S/C12H11F2NO4.ClH/c13-12(14)6-19-11(16)15-10(12)7-1-2-8-9(5-7)18-4-3-17-8;/h1-2,5,10H,3-4,6H2,(H,15,16);1H/t10-;/m0./s1. The van der Waals surface area contributed by atoms with Crippen LogP contribution in [0.1, 0.15) is 11.6 Å². The van der Waals surface area contributed by atoms with E-state index in [0.717, 1.165) is 0 Å². The second-order valence-corrected chi connectivity index (χ2v) is 4.32. The Hall–Kier alpha value is -1.76. The van der Waals surface area contributed by atoms with Crippen LogP contribution < -0.4 is 14.8 Å². The van der Waals surface area contributed by atoms with Crippen LogP contribution in [0, 0.1) is 0 Å². The monoisotopic (exact) mass is 307 g/mol. The van der Waals surface area contributed by atoms with Crippen LogP contribution in [0.15, 0.2) is 18.2 Å². The van der Waals surface area contributed by atoms with Gasteiger partial charge in [-0.25, -0.2) is 13.6 Å². The fourth-order valence-electron chi connectivity index (χ4n) is 2.08. The Balaban J connectivity index is 0.00000147. The van der Waals surface area contributed by atoms with E-state index in [1.807, 2.05) is 0 Å². The Labute approximate surface area is 119 Å². The maximum absolute atomic E-state index is 13.7. The molecule has 8 heteroatoms. The number of fused-ring (bicyclic) bond motifs is 1. The molecule has 1 N–H and O–H groups in total. The van der Waals surface area contributed by atoms with Gasteiger partial charge in [-0.3, -0.25) is 0 Å². The van der Waals surface area contributed by atoms with Gasteiger partial charge >= 0.3 is 12.0 Å². The zero-order valence-electron chi connectivity index (χ0n) is 10.2. The fraction of sp³-hybridized carbons (Fsp3) is 0.417. The third-order valence-corrected chi connectivity index (χ3v) is 2.98. The Bertz CT molecular complexity index is 526. The topological polar surface area (TPSA) is 56.8 Å². The van der Waals surface area contributed by atoms with E-state index in [0.29, 0.717) is 24.7 Å². The molecule has 0 bridgehead atoms.